The molecule has 0 bridgehead atoms. The molecule has 0 aromatic heterocycles. The average Bonchev–Trinajstić information content (AvgIpc) is 2.74. The molecular weight excluding hydrogens is 208 g/mol. The standard InChI is InChI=1S/C16H20O/c1-2-11-9-13-8-7-12-5-3-4-6-14(12)16(17)15(13)10-11/h2-4,7-8,11-15H,1,5-6,9-10H2/t11-,12+,13+,14+,15-/m1/s1. The summed E-state index contributed by atoms with van der Waals surface area (Å²) < 4.78 is 0. The van der Waals surface area contributed by atoms with Crippen molar-refractivity contribution >= 4 is 5.78 Å². The summed E-state index contributed by atoms with van der Waals surface area (Å²) in [5, 5.41) is 0. The van der Waals surface area contributed by atoms with E-state index in [1.165, 1.54) is 0 Å². The fourth-order valence-electron chi connectivity index (χ4n) is 3.78. The summed E-state index contributed by atoms with van der Waals surface area (Å²) in [6.45, 7) is 3.88. The molecule has 1 fully saturated rings. The first-order valence-electron chi connectivity index (χ1n) is 6.79. The summed E-state index contributed by atoms with van der Waals surface area (Å²) in [5.74, 6) is 2.56. The van der Waals surface area contributed by atoms with Crippen LogP contribution in [0.1, 0.15) is 25.7 Å². The molecule has 17 heavy (non-hydrogen) atoms. The lowest BCUT2D eigenvalue weighted by atomic mass is 9.77. The van der Waals surface area contributed by atoms with Crippen molar-refractivity contribution in [3.63, 3.8) is 0 Å². The topological polar surface area (TPSA) is 17.1 Å². The second kappa shape index (κ2) is 4.29. The molecule has 0 aliphatic heterocycles. The van der Waals surface area contributed by atoms with Gasteiger partial charge in [-0.1, -0.05) is 30.4 Å². The molecule has 1 saturated carbocycles. The molecule has 3 aliphatic rings. The Morgan fingerprint density at radius 1 is 1.06 bits per heavy atom. The Kier molecular flexibility index (Phi) is 2.78. The molecule has 1 nitrogen and oxygen atoms in total. The summed E-state index contributed by atoms with van der Waals surface area (Å²) in [5.41, 5.74) is 0. The van der Waals surface area contributed by atoms with E-state index in [4.69, 9.17) is 0 Å². The normalized spacial score (nSPS) is 44.0. The lowest BCUT2D eigenvalue weighted by Crippen LogP contribution is -2.29. The van der Waals surface area contributed by atoms with Crippen molar-refractivity contribution in [1.29, 1.82) is 0 Å². The van der Waals surface area contributed by atoms with Crippen LogP contribution in [-0.2, 0) is 4.79 Å². The molecule has 1 heteroatoms. The van der Waals surface area contributed by atoms with E-state index in [1.807, 2.05) is 6.08 Å². The molecule has 0 radical (unpaired) electrons. The molecule has 0 saturated heterocycles. The summed E-state index contributed by atoms with van der Waals surface area (Å²) in [6.07, 6.45) is 15.3. The molecule has 0 unspecified atom stereocenters. The van der Waals surface area contributed by atoms with E-state index >= 15 is 0 Å². The van der Waals surface area contributed by atoms with Crippen LogP contribution in [0, 0.1) is 29.6 Å². The quantitative estimate of drug-likeness (QED) is 0.627. The highest BCUT2D eigenvalue weighted by Gasteiger charge is 2.42. The predicted octanol–water partition coefficient (Wildman–Crippen LogP) is 3.54. The minimum Gasteiger partial charge on any atom is -0.299 e. The Labute approximate surface area is 103 Å². The van der Waals surface area contributed by atoms with Gasteiger partial charge in [0.25, 0.3) is 0 Å². The van der Waals surface area contributed by atoms with Crippen LogP contribution in [0.4, 0.5) is 0 Å². The van der Waals surface area contributed by atoms with Crippen molar-refractivity contribution in [2.75, 3.05) is 0 Å². The Balaban J connectivity index is 1.87. The summed E-state index contributed by atoms with van der Waals surface area (Å²) in [7, 11) is 0. The van der Waals surface area contributed by atoms with Gasteiger partial charge in [0.1, 0.15) is 5.78 Å². The van der Waals surface area contributed by atoms with Gasteiger partial charge in [-0.2, -0.15) is 0 Å². The molecule has 0 spiro atoms. The van der Waals surface area contributed by atoms with Crippen LogP contribution >= 0.6 is 0 Å². The Hall–Kier alpha value is -1.11. The van der Waals surface area contributed by atoms with Crippen molar-refractivity contribution < 1.29 is 4.79 Å². The third-order valence-corrected chi connectivity index (χ3v) is 4.80. The number of fused-ring (bicyclic) bond motifs is 2. The Morgan fingerprint density at radius 3 is 2.65 bits per heavy atom. The maximum absolute atomic E-state index is 12.6. The zero-order chi connectivity index (χ0) is 11.8. The SMILES string of the molecule is C=C[C@@H]1C[C@@H]2C=C[C@@H]3CC=CC[C@@H]3C(=O)[C@@H]2C1. The lowest BCUT2D eigenvalue weighted by Gasteiger charge is -2.25. The van der Waals surface area contributed by atoms with Crippen LogP contribution in [-0.4, -0.2) is 5.78 Å². The van der Waals surface area contributed by atoms with E-state index in [1.54, 1.807) is 0 Å². The van der Waals surface area contributed by atoms with E-state index < -0.39 is 0 Å². The Bertz CT molecular complexity index is 390. The van der Waals surface area contributed by atoms with Gasteiger partial charge in [0, 0.05) is 11.8 Å². The summed E-state index contributed by atoms with van der Waals surface area (Å²) in [4.78, 5) is 12.6. The zero-order valence-corrected chi connectivity index (χ0v) is 10.2. The smallest absolute Gasteiger partial charge is 0.140 e. The van der Waals surface area contributed by atoms with Gasteiger partial charge in [0.15, 0.2) is 0 Å². The van der Waals surface area contributed by atoms with Crippen molar-refractivity contribution in [1.82, 2.24) is 0 Å². The first kappa shape index (κ1) is 11.0. The summed E-state index contributed by atoms with van der Waals surface area (Å²) in [6, 6.07) is 0. The van der Waals surface area contributed by atoms with E-state index in [0.717, 1.165) is 25.7 Å². The number of allylic oxidation sites excluding steroid dienone is 5. The van der Waals surface area contributed by atoms with Gasteiger partial charge in [-0.05, 0) is 43.4 Å². The third kappa shape index (κ3) is 1.82. The molecule has 5 atom stereocenters. The van der Waals surface area contributed by atoms with Crippen LogP contribution in [0.3, 0.4) is 0 Å². The summed E-state index contributed by atoms with van der Waals surface area (Å²) >= 11 is 0. The maximum atomic E-state index is 12.6. The molecular formula is C16H20O. The van der Waals surface area contributed by atoms with Gasteiger partial charge in [0.05, 0.1) is 0 Å². The molecule has 0 aromatic carbocycles. The highest BCUT2D eigenvalue weighted by Crippen LogP contribution is 2.44. The molecule has 90 valence electrons. The first-order chi connectivity index (χ1) is 8.29. The average molecular weight is 228 g/mol. The van der Waals surface area contributed by atoms with E-state index in [2.05, 4.69) is 30.9 Å². The molecule has 0 N–H and O–H groups in total. The Morgan fingerprint density at radius 2 is 1.82 bits per heavy atom. The fraction of sp³-hybridized carbons (Fsp3) is 0.562. The first-order valence-corrected chi connectivity index (χ1v) is 6.79. The van der Waals surface area contributed by atoms with Gasteiger partial charge in [-0.3, -0.25) is 4.79 Å². The molecule has 0 amide bonds. The number of carbonyl (C=O) groups is 1. The lowest BCUT2D eigenvalue weighted by molar-refractivity contribution is -0.128. The predicted molar refractivity (Wildman–Crippen MR) is 69.4 cm³/mol. The van der Waals surface area contributed by atoms with Gasteiger partial charge >= 0.3 is 0 Å². The monoisotopic (exact) mass is 228 g/mol. The van der Waals surface area contributed by atoms with Gasteiger partial charge in [-0.25, -0.2) is 0 Å². The van der Waals surface area contributed by atoms with Crippen LogP contribution in [0.25, 0.3) is 0 Å². The maximum Gasteiger partial charge on any atom is 0.140 e. The second-order valence-corrected chi connectivity index (χ2v) is 5.74. The number of ketones is 1. The number of hydrogen-bond donors (Lipinski definition) is 0. The zero-order valence-electron chi connectivity index (χ0n) is 10.2. The van der Waals surface area contributed by atoms with Gasteiger partial charge < -0.3 is 0 Å². The van der Waals surface area contributed by atoms with Crippen molar-refractivity contribution in [3.8, 4) is 0 Å². The fourth-order valence-corrected chi connectivity index (χ4v) is 3.78. The van der Waals surface area contributed by atoms with Crippen LogP contribution < -0.4 is 0 Å². The molecule has 3 rings (SSSR count). The number of Topliss-reactive ketones (excluding diaryl/α,β-unsaturated/α-hetero) is 1. The van der Waals surface area contributed by atoms with Crippen LogP contribution in [0.2, 0.25) is 0 Å². The largest absolute Gasteiger partial charge is 0.299 e. The van der Waals surface area contributed by atoms with Crippen LogP contribution in [0.5, 0.6) is 0 Å². The molecule has 0 heterocycles. The second-order valence-electron chi connectivity index (χ2n) is 5.74. The third-order valence-electron chi connectivity index (χ3n) is 4.80. The molecule has 3 aliphatic carbocycles. The van der Waals surface area contributed by atoms with E-state index in [-0.39, 0.29) is 11.8 Å². The minimum atomic E-state index is 0.259. The van der Waals surface area contributed by atoms with E-state index in [0.29, 0.717) is 23.5 Å². The number of rotatable bonds is 1. The van der Waals surface area contributed by atoms with E-state index in [9.17, 15) is 4.79 Å². The minimum absolute atomic E-state index is 0.259. The highest BCUT2D eigenvalue weighted by atomic mass is 16.1. The number of hydrogen-bond acceptors (Lipinski definition) is 1. The van der Waals surface area contributed by atoms with Gasteiger partial charge in [-0.15, -0.1) is 6.58 Å². The highest BCUT2D eigenvalue weighted by molar-refractivity contribution is 5.85. The van der Waals surface area contributed by atoms with Crippen molar-refractivity contribution in [2.45, 2.75) is 25.7 Å². The van der Waals surface area contributed by atoms with Crippen molar-refractivity contribution in [2.24, 2.45) is 29.6 Å². The molecule has 0 aromatic rings. The number of carbonyl (C=O) groups excluding carboxylic acids is 1. The van der Waals surface area contributed by atoms with Crippen LogP contribution in [0.15, 0.2) is 37.0 Å². The van der Waals surface area contributed by atoms with Crippen molar-refractivity contribution in [3.05, 3.63) is 37.0 Å². The van der Waals surface area contributed by atoms with Gasteiger partial charge in [0.2, 0.25) is 0 Å².